The molecule has 250 valence electrons. The van der Waals surface area contributed by atoms with Gasteiger partial charge in [-0.05, 0) is 73.6 Å². The Labute approximate surface area is 264 Å². The van der Waals surface area contributed by atoms with Crippen LogP contribution in [0.5, 0.6) is 0 Å². The molecule has 44 heavy (non-hydrogen) atoms. The molecule has 2 spiro atoms. The van der Waals surface area contributed by atoms with Crippen molar-refractivity contribution < 1.29 is 63.7 Å². The van der Waals surface area contributed by atoms with Crippen molar-refractivity contribution in [2.24, 2.45) is 11.8 Å². The van der Waals surface area contributed by atoms with Crippen molar-refractivity contribution in [3.05, 3.63) is 23.3 Å². The number of allylic oxidation sites excluding steroid dienone is 2. The van der Waals surface area contributed by atoms with Gasteiger partial charge in [0.15, 0.2) is 5.78 Å². The van der Waals surface area contributed by atoms with E-state index in [1.807, 2.05) is 0 Å². The summed E-state index contributed by atoms with van der Waals surface area (Å²) in [5.74, 6) is 0.340. The van der Waals surface area contributed by atoms with Gasteiger partial charge in [-0.3, -0.25) is 4.79 Å². The summed E-state index contributed by atoms with van der Waals surface area (Å²) in [7, 11) is 3.30. The third-order valence-corrected chi connectivity index (χ3v) is 10.3. The summed E-state index contributed by atoms with van der Waals surface area (Å²) < 4.78 is 60.3. The first-order valence-electron chi connectivity index (χ1n) is 15.5. The molecule has 0 radical (unpaired) electrons. The van der Waals surface area contributed by atoms with Gasteiger partial charge in [0.25, 0.3) is 0 Å². The van der Waals surface area contributed by atoms with Crippen LogP contribution in [0.1, 0.15) is 80.1 Å². The number of carbonyl (C=O) groups excluding carboxylic acids is 1. The monoisotopic (exact) mass is 662 g/mol. The van der Waals surface area contributed by atoms with Crippen LogP contribution in [0.15, 0.2) is 23.3 Å². The van der Waals surface area contributed by atoms with E-state index in [1.165, 1.54) is 11.1 Å². The summed E-state index contributed by atoms with van der Waals surface area (Å²) in [6, 6.07) is 0. The number of hydrogen-bond acceptors (Lipinski definition) is 11. The zero-order valence-corrected chi connectivity index (χ0v) is 28.6. The molecular weight excluding hydrogens is 612 g/mol. The predicted molar refractivity (Wildman–Crippen MR) is 152 cm³/mol. The van der Waals surface area contributed by atoms with Crippen molar-refractivity contribution in [2.45, 2.75) is 133 Å². The number of carbonyl (C=O) groups is 1. The molecule has 6 rings (SSSR count). The van der Waals surface area contributed by atoms with Crippen LogP contribution in [0.2, 0.25) is 0 Å². The number of ether oxygens (including phenoxy) is 6. The van der Waals surface area contributed by atoms with Gasteiger partial charge in [-0.2, -0.15) is 0 Å². The van der Waals surface area contributed by atoms with E-state index in [2.05, 4.69) is 53.7 Å². The van der Waals surface area contributed by atoms with Gasteiger partial charge in [-0.1, -0.05) is 23.3 Å². The number of epoxide rings is 4. The molecule has 0 aromatic rings. The molecule has 11 nitrogen and oxygen atoms in total. The minimum atomic E-state index is -3.79. The second kappa shape index (κ2) is 13.5. The van der Waals surface area contributed by atoms with Crippen LogP contribution in [0.3, 0.4) is 0 Å². The van der Waals surface area contributed by atoms with Crippen molar-refractivity contribution in [3.8, 4) is 0 Å². The molecule has 0 aromatic carbocycles. The average Bonchev–Trinajstić information content (AvgIpc) is 3.80. The quantitative estimate of drug-likeness (QED) is 0.296. The van der Waals surface area contributed by atoms with E-state index in [1.54, 1.807) is 14.2 Å². The first-order valence-corrected chi connectivity index (χ1v) is 17.1. The molecule has 4 heterocycles. The summed E-state index contributed by atoms with van der Waals surface area (Å²) in [6.45, 7) is 14.2. The van der Waals surface area contributed by atoms with Crippen LogP contribution >= 0.6 is 0 Å². The SMILES string of the molecule is CO[C@@H]1C(=O)CC[C@]2(CO2)[C@H]1[C@@]1(C)O[C@@H]1CC=C(C)C.CO[C@@H]1[C@H](O)CC[C@]2(CO2)[C@H]1[C@@]1(C)O[C@@H]1CC=C(C)C.[O]=[Cr](=[O])=[O]. The molecule has 4 saturated heterocycles. The molecule has 1 N–H and O–H groups in total. The maximum atomic E-state index is 12.2. The first kappa shape index (κ1) is 35.7. The fraction of sp³-hybridized carbons (Fsp3) is 0.844. The molecule has 2 aliphatic carbocycles. The van der Waals surface area contributed by atoms with E-state index < -0.39 is 20.1 Å². The van der Waals surface area contributed by atoms with Crippen molar-refractivity contribution >= 4 is 5.78 Å². The number of hydrogen-bond donors (Lipinski definition) is 1. The first-order chi connectivity index (χ1) is 20.6. The Morgan fingerprint density at radius 3 is 1.73 bits per heavy atom. The topological polar surface area (TPSA) is 157 Å². The van der Waals surface area contributed by atoms with Gasteiger partial charge in [0, 0.05) is 20.6 Å². The summed E-state index contributed by atoms with van der Waals surface area (Å²) in [4.78, 5) is 12.2. The molecule has 0 unspecified atom stereocenters. The van der Waals surface area contributed by atoms with Gasteiger partial charge < -0.3 is 33.5 Å². The number of aliphatic hydroxyl groups is 1. The summed E-state index contributed by atoms with van der Waals surface area (Å²) in [5, 5.41) is 10.2. The molecule has 0 amide bonds. The Morgan fingerprint density at radius 1 is 0.864 bits per heavy atom. The van der Waals surface area contributed by atoms with Crippen molar-refractivity contribution in [3.63, 3.8) is 0 Å². The van der Waals surface area contributed by atoms with Gasteiger partial charge in [0.05, 0.1) is 55.1 Å². The number of methoxy groups -OCH3 is 2. The summed E-state index contributed by atoms with van der Waals surface area (Å²) in [5.41, 5.74) is 1.79. The molecule has 11 atom stereocenters. The van der Waals surface area contributed by atoms with E-state index in [-0.39, 0.29) is 64.4 Å². The zero-order valence-electron chi connectivity index (χ0n) is 27.3. The van der Waals surface area contributed by atoms with Gasteiger partial charge in [-0.25, -0.2) is 0 Å². The molecule has 12 heteroatoms. The maximum absolute atomic E-state index is 12.2. The molecule has 0 aromatic heterocycles. The van der Waals surface area contributed by atoms with E-state index in [4.69, 9.17) is 39.8 Å². The minimum absolute atomic E-state index is 0.0248. The Balaban J connectivity index is 0.000000179. The van der Waals surface area contributed by atoms with Crippen LogP contribution in [0, 0.1) is 11.8 Å². The number of rotatable bonds is 8. The number of Topliss-reactive ketones (excluding diaryl/α,β-unsaturated/α-hetero) is 1. The van der Waals surface area contributed by atoms with Gasteiger partial charge in [0.2, 0.25) is 0 Å². The van der Waals surface area contributed by atoms with Crippen LogP contribution in [0.25, 0.3) is 0 Å². The molecule has 2 saturated carbocycles. The van der Waals surface area contributed by atoms with Gasteiger partial charge in [-0.15, -0.1) is 0 Å². The van der Waals surface area contributed by atoms with Crippen molar-refractivity contribution in [1.29, 1.82) is 0 Å². The normalized spacial score (nSPS) is 44.4. The molecule has 6 fully saturated rings. The Hall–Kier alpha value is -1.20. The van der Waals surface area contributed by atoms with Crippen molar-refractivity contribution in [1.82, 2.24) is 0 Å². The van der Waals surface area contributed by atoms with Gasteiger partial charge >= 0.3 is 25.4 Å². The second-order valence-electron chi connectivity index (χ2n) is 13.9. The molecule has 6 aliphatic rings. The Kier molecular flexibility index (Phi) is 10.9. The fourth-order valence-corrected chi connectivity index (χ4v) is 7.73. The summed E-state index contributed by atoms with van der Waals surface area (Å²) >= 11 is -3.79. The van der Waals surface area contributed by atoms with E-state index >= 15 is 0 Å². The standard InChI is InChI=1S/C16H26O4.C16H24O4.Cr.3O/c2*1-10(2)5-6-12-15(3,20-12)14-13(18-4)11(17)7-8-16(14)9-19-16;;;;/h5,11-14,17H,6-9H2,1-4H3;5,12-14H,6-9H2,1-4H3;;;;/t11-,12-,13-,14-,15+,16+;12-,13-,14-,15+,16+;;;;/m11..../s1. The van der Waals surface area contributed by atoms with E-state index in [0.29, 0.717) is 6.42 Å². The van der Waals surface area contributed by atoms with Crippen LogP contribution in [0.4, 0.5) is 0 Å². The Morgan fingerprint density at radius 2 is 1.32 bits per heavy atom. The van der Waals surface area contributed by atoms with E-state index in [9.17, 15) is 9.90 Å². The molecule has 0 bridgehead atoms. The third-order valence-electron chi connectivity index (χ3n) is 10.3. The number of aliphatic hydroxyl groups excluding tert-OH is 1. The third kappa shape index (κ3) is 7.51. The predicted octanol–water partition coefficient (Wildman–Crippen LogP) is 3.96. The Bertz CT molecular complexity index is 1220. The van der Waals surface area contributed by atoms with Crippen molar-refractivity contribution in [2.75, 3.05) is 27.4 Å². The second-order valence-corrected chi connectivity index (χ2v) is 14.5. The van der Waals surface area contributed by atoms with Gasteiger partial charge in [0.1, 0.15) is 22.9 Å². The number of ketones is 1. The van der Waals surface area contributed by atoms with E-state index in [0.717, 1.165) is 45.3 Å². The van der Waals surface area contributed by atoms with Crippen LogP contribution in [-0.2, 0) is 58.6 Å². The fourth-order valence-electron chi connectivity index (χ4n) is 7.73. The zero-order chi connectivity index (χ0) is 32.7. The van der Waals surface area contributed by atoms with Crippen LogP contribution in [-0.4, -0.2) is 91.2 Å². The average molecular weight is 663 g/mol. The summed E-state index contributed by atoms with van der Waals surface area (Å²) in [6.07, 6.45) is 8.68. The molecular formula is C32H50CrO11. The molecule has 4 aliphatic heterocycles. The van der Waals surface area contributed by atoms with Crippen LogP contribution < -0.4 is 0 Å².